The first-order valence-corrected chi connectivity index (χ1v) is 1.55. The van der Waals surface area contributed by atoms with E-state index < -0.39 is 11.0 Å². The molecule has 0 aromatic heterocycles. The van der Waals surface area contributed by atoms with Crippen LogP contribution in [-0.4, -0.2) is 4.55 Å². The number of rotatable bonds is 0. The van der Waals surface area contributed by atoms with Crippen LogP contribution in [-0.2, 0) is 53.3 Å². The summed E-state index contributed by atoms with van der Waals surface area (Å²) in [6.07, 6.45) is 0. The fourth-order valence-electron chi connectivity index (χ4n) is 0. The minimum absolute atomic E-state index is 0. The molecule has 0 saturated heterocycles. The van der Waals surface area contributed by atoms with E-state index >= 15 is 0 Å². The summed E-state index contributed by atoms with van der Waals surface area (Å²) in [5, 5.41) is 0. The fraction of sp³-hybridized carbons (Fsp3) is 0. The van der Waals surface area contributed by atoms with Gasteiger partial charge in [0.15, 0.2) is 0 Å². The summed E-state index contributed by atoms with van der Waals surface area (Å²) < 4.78 is 24.1. The average Bonchev–Trinajstić information content (AvgIpc) is 0.811. The van der Waals surface area contributed by atoms with E-state index in [0.29, 0.717) is 0 Å². The van der Waals surface area contributed by atoms with Gasteiger partial charge < -0.3 is 13.0 Å². The molecule has 0 aliphatic carbocycles. The first-order chi connectivity index (χ1) is 1.73. The molecule has 0 aliphatic heterocycles. The van der Waals surface area contributed by atoms with Crippen LogP contribution in [0.4, 0.5) is 0 Å². The Balaban J connectivity index is -0.0000000450. The maximum absolute atomic E-state index is 8.56. The van der Waals surface area contributed by atoms with Crippen molar-refractivity contribution < 1.29 is 46.8 Å². The molecule has 1 radical (unpaired) electrons. The van der Waals surface area contributed by atoms with Crippen molar-refractivity contribution in [2.24, 2.45) is 0 Å². The molecule has 0 aromatic rings. The number of hydrogen-bond acceptors (Lipinski definition) is 3. The second-order valence-corrected chi connectivity index (χ2v) is 0.651. The van der Waals surface area contributed by atoms with Crippen molar-refractivity contribution >= 4 is 11.0 Å². The van der Waals surface area contributed by atoms with Crippen LogP contribution in [0.5, 0.6) is 0 Å². The van der Waals surface area contributed by atoms with Crippen molar-refractivity contribution in [1.82, 2.24) is 0 Å². The van der Waals surface area contributed by atoms with E-state index in [0.717, 1.165) is 0 Å². The minimum Gasteiger partial charge on any atom is -0.439 e. The zero-order chi connectivity index (χ0) is 3.58. The SMILES string of the molecule is O=[S-](=O)O.[Co].[Cu+]. The van der Waals surface area contributed by atoms with Crippen LogP contribution >= 0.6 is 0 Å². The molecule has 0 unspecified atom stereocenters. The van der Waals surface area contributed by atoms with Crippen LogP contribution in [0.1, 0.15) is 0 Å². The van der Waals surface area contributed by atoms with Crippen molar-refractivity contribution in [2.75, 3.05) is 0 Å². The maximum Gasteiger partial charge on any atom is 1.00 e. The van der Waals surface area contributed by atoms with Gasteiger partial charge in [-0.3, -0.25) is 0 Å². The summed E-state index contributed by atoms with van der Waals surface area (Å²) in [7, 11) is -2.86. The molecule has 0 heterocycles. The predicted molar refractivity (Wildman–Crippen MR) is 11.4 cm³/mol. The van der Waals surface area contributed by atoms with Gasteiger partial charge in [0.1, 0.15) is 0 Å². The Hall–Kier alpha value is 0.936. The van der Waals surface area contributed by atoms with Crippen LogP contribution < -0.4 is 0 Å². The van der Waals surface area contributed by atoms with Crippen LogP contribution in [0.3, 0.4) is 0 Å². The summed E-state index contributed by atoms with van der Waals surface area (Å²) in [5.74, 6) is 0. The molecule has 45 valence electrons. The van der Waals surface area contributed by atoms with Gasteiger partial charge in [0.05, 0.1) is 0 Å². The second-order valence-electron chi connectivity index (χ2n) is 0.217. The number of hydrogen-bond donors (Lipinski definition) is 1. The smallest absolute Gasteiger partial charge is 0.439 e. The summed E-state index contributed by atoms with van der Waals surface area (Å²) in [6, 6.07) is 0. The van der Waals surface area contributed by atoms with Crippen molar-refractivity contribution in [2.45, 2.75) is 0 Å². The Morgan fingerprint density at radius 2 is 1.33 bits per heavy atom. The van der Waals surface area contributed by atoms with Crippen molar-refractivity contribution in [3.63, 3.8) is 0 Å². The van der Waals surface area contributed by atoms with Gasteiger partial charge in [0.25, 0.3) is 0 Å². The van der Waals surface area contributed by atoms with Crippen molar-refractivity contribution in [3.05, 3.63) is 0 Å². The summed E-state index contributed by atoms with van der Waals surface area (Å²) in [4.78, 5) is 0. The average molecular weight is 204 g/mol. The van der Waals surface area contributed by atoms with Crippen molar-refractivity contribution in [1.29, 1.82) is 0 Å². The van der Waals surface area contributed by atoms with Crippen LogP contribution in [0.25, 0.3) is 0 Å². The molecule has 0 saturated carbocycles. The standard InChI is InChI=1S/Co.Cu.HO3S/c;;1-4(2)3/h;;(H,1,2,3)/q;+1;-1. The Morgan fingerprint density at radius 3 is 1.33 bits per heavy atom. The van der Waals surface area contributed by atoms with Gasteiger partial charge in [-0.1, -0.05) is 0 Å². The van der Waals surface area contributed by atoms with E-state index in [2.05, 4.69) is 0 Å². The quantitative estimate of drug-likeness (QED) is 0.256. The van der Waals surface area contributed by atoms with E-state index in [1.54, 1.807) is 0 Å². The molecule has 0 aliphatic rings. The topological polar surface area (TPSA) is 54.4 Å². The van der Waals surface area contributed by atoms with E-state index in [9.17, 15) is 0 Å². The molecule has 1 N–H and O–H groups in total. The molecular weight excluding hydrogens is 203 g/mol. The van der Waals surface area contributed by atoms with Gasteiger partial charge >= 0.3 is 17.1 Å². The molecule has 3 nitrogen and oxygen atoms in total. The summed E-state index contributed by atoms with van der Waals surface area (Å²) in [5.41, 5.74) is 0. The maximum atomic E-state index is 8.56. The molecule has 0 spiro atoms. The Labute approximate surface area is 58.0 Å². The first-order valence-electron chi connectivity index (χ1n) is 0.516. The van der Waals surface area contributed by atoms with Gasteiger partial charge in [-0.15, -0.1) is 0 Å². The molecule has 0 amide bonds. The fourth-order valence-corrected chi connectivity index (χ4v) is 0. The molecule has 0 fully saturated rings. The zero-order valence-corrected chi connectivity index (χ0v) is 5.11. The molecule has 6 heavy (non-hydrogen) atoms. The normalized spacial score (nSPS) is 5.67. The van der Waals surface area contributed by atoms with E-state index in [1.165, 1.54) is 0 Å². The Kier molecular flexibility index (Phi) is 24.5. The summed E-state index contributed by atoms with van der Waals surface area (Å²) >= 11 is 0. The third-order valence-electron chi connectivity index (χ3n) is 0. The summed E-state index contributed by atoms with van der Waals surface area (Å²) in [6.45, 7) is 0. The Morgan fingerprint density at radius 1 is 1.33 bits per heavy atom. The largest absolute Gasteiger partial charge is 1.00 e. The van der Waals surface area contributed by atoms with Gasteiger partial charge in [-0.2, -0.15) is 0 Å². The molecular formula is HCoCuO3S. The van der Waals surface area contributed by atoms with E-state index in [-0.39, 0.29) is 33.8 Å². The van der Waals surface area contributed by atoms with Crippen LogP contribution in [0, 0.1) is 0 Å². The van der Waals surface area contributed by atoms with Gasteiger partial charge in [-0.25, -0.2) is 0 Å². The second kappa shape index (κ2) is 9.34. The third kappa shape index (κ3) is 87.3. The molecule has 0 atom stereocenters. The monoisotopic (exact) mass is 203 g/mol. The van der Waals surface area contributed by atoms with E-state index in [4.69, 9.17) is 13.0 Å². The Bertz CT molecular complexity index is 59.2. The third-order valence-corrected chi connectivity index (χ3v) is 0. The molecule has 6 heteroatoms. The van der Waals surface area contributed by atoms with Crippen LogP contribution in [0.15, 0.2) is 0 Å². The van der Waals surface area contributed by atoms with E-state index in [1.807, 2.05) is 0 Å². The zero-order valence-electron chi connectivity index (χ0n) is 2.31. The van der Waals surface area contributed by atoms with Crippen LogP contribution in [0.2, 0.25) is 0 Å². The van der Waals surface area contributed by atoms with Gasteiger partial charge in [0, 0.05) is 27.8 Å². The minimum atomic E-state index is -2.86. The molecule has 0 bridgehead atoms. The predicted octanol–water partition coefficient (Wildman–Crippen LogP) is -0.236. The molecule has 0 rings (SSSR count). The molecule has 0 aromatic carbocycles. The van der Waals surface area contributed by atoms with Gasteiger partial charge in [-0.05, 0) is 0 Å². The van der Waals surface area contributed by atoms with Crippen molar-refractivity contribution in [3.8, 4) is 0 Å². The van der Waals surface area contributed by atoms with Gasteiger partial charge in [0.2, 0.25) is 0 Å². The first kappa shape index (κ1) is 15.8.